The molecule has 0 radical (unpaired) electrons. The number of benzene rings is 2. The Morgan fingerprint density at radius 3 is 2.58 bits per heavy atom. The van der Waals surface area contributed by atoms with Crippen molar-refractivity contribution < 1.29 is 9.59 Å². The topological polar surface area (TPSA) is 123 Å². The molecule has 0 saturated carbocycles. The van der Waals surface area contributed by atoms with E-state index in [1.54, 1.807) is 18.2 Å². The van der Waals surface area contributed by atoms with Crippen LogP contribution in [0, 0.1) is 0 Å². The van der Waals surface area contributed by atoms with Gasteiger partial charge in [-0.3, -0.25) is 14.6 Å². The number of pyridine rings is 1. The van der Waals surface area contributed by atoms with Crippen molar-refractivity contribution in [2.75, 3.05) is 11.9 Å². The average Bonchev–Trinajstić information content (AvgIpc) is 3.33. The number of amides is 2. The van der Waals surface area contributed by atoms with Gasteiger partial charge in [0.15, 0.2) is 0 Å². The Kier molecular flexibility index (Phi) is 6.88. The van der Waals surface area contributed by atoms with Gasteiger partial charge >= 0.3 is 0 Å². The molecule has 3 aromatic heterocycles. The first kappa shape index (κ1) is 25.4. The maximum absolute atomic E-state index is 13.2. The predicted octanol–water partition coefficient (Wildman–Crippen LogP) is 5.22. The van der Waals surface area contributed by atoms with Crippen molar-refractivity contribution in [3.8, 4) is 0 Å². The molecule has 0 saturated heterocycles. The van der Waals surface area contributed by atoms with E-state index in [2.05, 4.69) is 59.6 Å². The molecule has 0 bridgehead atoms. The molecule has 0 unspecified atom stereocenters. The van der Waals surface area contributed by atoms with E-state index in [0.717, 1.165) is 26.7 Å². The summed E-state index contributed by atoms with van der Waals surface area (Å²) in [6.45, 7) is 6.74. The molecule has 0 fully saturated rings. The van der Waals surface area contributed by atoms with Crippen LogP contribution in [-0.2, 0) is 5.41 Å². The van der Waals surface area contributed by atoms with Gasteiger partial charge in [-0.15, -0.1) is 11.3 Å². The predicted molar refractivity (Wildman–Crippen MR) is 152 cm³/mol. The second kappa shape index (κ2) is 10.3. The molecule has 2 amide bonds. The van der Waals surface area contributed by atoms with Gasteiger partial charge in [0.05, 0.1) is 22.6 Å². The summed E-state index contributed by atoms with van der Waals surface area (Å²) in [7, 11) is 0. The third-order valence-corrected chi connectivity index (χ3v) is 7.32. The van der Waals surface area contributed by atoms with Gasteiger partial charge in [-0.05, 0) is 52.9 Å². The number of fused-ring (bicyclic) bond motifs is 2. The van der Waals surface area contributed by atoms with Crippen molar-refractivity contribution in [3.05, 3.63) is 94.9 Å². The van der Waals surface area contributed by atoms with Gasteiger partial charge in [0.25, 0.3) is 11.8 Å². The first-order chi connectivity index (χ1) is 18.2. The number of thiophene rings is 1. The van der Waals surface area contributed by atoms with Gasteiger partial charge in [-0.2, -0.15) is 0 Å². The molecule has 0 aliphatic rings. The van der Waals surface area contributed by atoms with Crippen molar-refractivity contribution in [2.45, 2.75) is 32.2 Å². The molecule has 0 spiro atoms. The average molecular weight is 525 g/mol. The number of anilines is 1. The molecular formula is C29H28N6O2S. The second-order valence-corrected chi connectivity index (χ2v) is 11.1. The highest BCUT2D eigenvalue weighted by molar-refractivity contribution is 7.20. The Morgan fingerprint density at radius 1 is 1.00 bits per heavy atom. The van der Waals surface area contributed by atoms with E-state index in [0.29, 0.717) is 10.6 Å². The zero-order valence-electron chi connectivity index (χ0n) is 21.4. The van der Waals surface area contributed by atoms with E-state index < -0.39 is 6.04 Å². The normalized spacial score (nSPS) is 12.4. The van der Waals surface area contributed by atoms with Crippen LogP contribution >= 0.6 is 11.3 Å². The van der Waals surface area contributed by atoms with Gasteiger partial charge in [0.1, 0.15) is 10.5 Å². The SMILES string of the molecule is CC(C)(C)c1ccc2nc3sc(C(=O)N[C@@H](CN)c4cccc(NC(=O)c5cnccn5)c4)cc3cc2c1. The Hall–Kier alpha value is -4.21. The molecule has 2 aromatic carbocycles. The van der Waals surface area contributed by atoms with E-state index in [9.17, 15) is 9.59 Å². The highest BCUT2D eigenvalue weighted by atomic mass is 32.1. The van der Waals surface area contributed by atoms with Crippen LogP contribution in [0.5, 0.6) is 0 Å². The number of rotatable bonds is 6. The maximum Gasteiger partial charge on any atom is 0.275 e. The van der Waals surface area contributed by atoms with Gasteiger partial charge in [-0.1, -0.05) is 39.0 Å². The molecule has 9 heteroatoms. The van der Waals surface area contributed by atoms with Crippen LogP contribution in [0.4, 0.5) is 5.69 Å². The quantitative estimate of drug-likeness (QED) is 0.280. The Morgan fingerprint density at radius 2 is 1.84 bits per heavy atom. The third-order valence-electron chi connectivity index (χ3n) is 6.27. The zero-order valence-corrected chi connectivity index (χ0v) is 22.2. The number of carbonyl (C=O) groups is 2. The molecule has 5 rings (SSSR count). The Bertz CT molecular complexity index is 1640. The minimum absolute atomic E-state index is 0.0375. The van der Waals surface area contributed by atoms with Gasteiger partial charge in [-0.25, -0.2) is 9.97 Å². The van der Waals surface area contributed by atoms with Crippen molar-refractivity contribution in [1.82, 2.24) is 20.3 Å². The van der Waals surface area contributed by atoms with E-state index >= 15 is 0 Å². The second-order valence-electron chi connectivity index (χ2n) is 10.1. The number of nitrogens with two attached hydrogens (primary N) is 1. The van der Waals surface area contributed by atoms with Crippen LogP contribution in [0.1, 0.15) is 58.1 Å². The van der Waals surface area contributed by atoms with Crippen LogP contribution < -0.4 is 16.4 Å². The highest BCUT2D eigenvalue weighted by Crippen LogP contribution is 2.31. The lowest BCUT2D eigenvalue weighted by molar-refractivity contribution is 0.0941. The lowest BCUT2D eigenvalue weighted by Gasteiger charge is -2.19. The zero-order chi connectivity index (χ0) is 26.9. The Labute approximate surface area is 224 Å². The lowest BCUT2D eigenvalue weighted by atomic mass is 9.86. The molecule has 0 aliphatic carbocycles. The summed E-state index contributed by atoms with van der Waals surface area (Å²) >= 11 is 1.35. The molecule has 5 aromatic rings. The fourth-order valence-electron chi connectivity index (χ4n) is 4.17. The van der Waals surface area contributed by atoms with Gasteiger partial charge in [0, 0.05) is 35.4 Å². The molecule has 192 valence electrons. The monoisotopic (exact) mass is 524 g/mol. The summed E-state index contributed by atoms with van der Waals surface area (Å²) in [6.07, 6.45) is 4.36. The van der Waals surface area contributed by atoms with Crippen molar-refractivity contribution in [3.63, 3.8) is 0 Å². The molecular weight excluding hydrogens is 496 g/mol. The van der Waals surface area contributed by atoms with Crippen LogP contribution in [0.3, 0.4) is 0 Å². The minimum Gasteiger partial charge on any atom is -0.343 e. The van der Waals surface area contributed by atoms with Crippen molar-refractivity contribution in [1.29, 1.82) is 0 Å². The summed E-state index contributed by atoms with van der Waals surface area (Å²) in [6, 6.07) is 17.0. The van der Waals surface area contributed by atoms with Gasteiger partial charge < -0.3 is 16.4 Å². The van der Waals surface area contributed by atoms with E-state index in [1.807, 2.05) is 18.2 Å². The summed E-state index contributed by atoms with van der Waals surface area (Å²) in [4.78, 5) is 39.8. The fourth-order valence-corrected chi connectivity index (χ4v) is 5.09. The minimum atomic E-state index is -0.442. The number of aromatic nitrogens is 3. The molecule has 1 atom stereocenters. The third kappa shape index (κ3) is 5.39. The standard InChI is InChI=1S/C29H28N6O2S/c1-29(2,3)20-7-8-22-18(12-20)11-19-14-25(38-28(19)35-22)27(37)34-23(15-30)17-5-4-6-21(13-17)33-26(36)24-16-31-9-10-32-24/h4-14,16,23H,15,30H2,1-3H3,(H,33,36)(H,34,37)/t23-/m0/s1. The summed E-state index contributed by atoms with van der Waals surface area (Å²) in [5, 5.41) is 7.81. The number of nitrogens with zero attached hydrogens (tertiary/aromatic N) is 3. The molecule has 4 N–H and O–H groups in total. The highest BCUT2D eigenvalue weighted by Gasteiger charge is 2.19. The molecule has 38 heavy (non-hydrogen) atoms. The fraction of sp³-hybridized carbons (Fsp3) is 0.207. The number of nitrogens with one attached hydrogen (secondary N) is 2. The van der Waals surface area contributed by atoms with E-state index in [1.165, 1.54) is 35.5 Å². The molecule has 3 heterocycles. The Balaban J connectivity index is 1.35. The smallest absolute Gasteiger partial charge is 0.275 e. The largest absolute Gasteiger partial charge is 0.343 e. The van der Waals surface area contributed by atoms with E-state index in [4.69, 9.17) is 10.7 Å². The first-order valence-electron chi connectivity index (χ1n) is 12.2. The van der Waals surface area contributed by atoms with Crippen LogP contribution in [0.2, 0.25) is 0 Å². The number of hydrogen-bond donors (Lipinski definition) is 3. The van der Waals surface area contributed by atoms with Gasteiger partial charge in [0.2, 0.25) is 0 Å². The number of hydrogen-bond acceptors (Lipinski definition) is 7. The van der Waals surface area contributed by atoms with Crippen molar-refractivity contribution in [2.24, 2.45) is 5.73 Å². The number of carbonyl (C=O) groups excluding carboxylic acids is 2. The maximum atomic E-state index is 13.2. The molecule has 0 aliphatic heterocycles. The summed E-state index contributed by atoms with van der Waals surface area (Å²) < 4.78 is 0. The van der Waals surface area contributed by atoms with E-state index in [-0.39, 0.29) is 29.5 Å². The van der Waals surface area contributed by atoms with Crippen LogP contribution in [-0.4, -0.2) is 33.3 Å². The lowest BCUT2D eigenvalue weighted by Crippen LogP contribution is -2.33. The summed E-state index contributed by atoms with van der Waals surface area (Å²) in [5.74, 6) is -0.597. The molecule has 8 nitrogen and oxygen atoms in total. The van der Waals surface area contributed by atoms with Crippen LogP contribution in [0.15, 0.2) is 73.2 Å². The van der Waals surface area contributed by atoms with Crippen molar-refractivity contribution >= 4 is 50.0 Å². The first-order valence-corrected chi connectivity index (χ1v) is 13.1. The summed E-state index contributed by atoms with van der Waals surface area (Å²) in [5.41, 5.74) is 9.77. The van der Waals surface area contributed by atoms with Crippen LogP contribution in [0.25, 0.3) is 21.1 Å².